The number of halogens is 1. The molecule has 1 N–H and O–H groups in total. The fourth-order valence-corrected chi connectivity index (χ4v) is 3.08. The highest BCUT2D eigenvalue weighted by Gasteiger charge is 2.14. The summed E-state index contributed by atoms with van der Waals surface area (Å²) in [5, 5.41) is 0.568. The van der Waals surface area contributed by atoms with E-state index in [9.17, 15) is 17.6 Å². The lowest BCUT2D eigenvalue weighted by Gasteiger charge is -2.04. The van der Waals surface area contributed by atoms with Crippen molar-refractivity contribution in [3.63, 3.8) is 0 Å². The molecule has 1 aromatic heterocycles. The van der Waals surface area contributed by atoms with Gasteiger partial charge in [-0.1, -0.05) is 0 Å². The summed E-state index contributed by atoms with van der Waals surface area (Å²) in [6.45, 7) is 0. The molecule has 0 aliphatic rings. The Balaban J connectivity index is 2.53. The first-order valence-electron chi connectivity index (χ1n) is 5.09. The molecular formula is C11H10FNO4S2. The molecule has 0 aliphatic carbocycles. The van der Waals surface area contributed by atoms with Crippen LogP contribution < -0.4 is 4.72 Å². The fraction of sp³-hybridized carbons (Fsp3) is 0.182. The van der Waals surface area contributed by atoms with Crippen LogP contribution in [0.2, 0.25) is 0 Å². The number of fused-ring (bicyclic) bond motifs is 1. The zero-order valence-electron chi connectivity index (χ0n) is 10.1. The van der Waals surface area contributed by atoms with E-state index in [1.165, 1.54) is 25.3 Å². The van der Waals surface area contributed by atoms with E-state index in [0.29, 0.717) is 15.0 Å². The predicted octanol–water partition coefficient (Wildman–Crippen LogP) is 2.20. The van der Waals surface area contributed by atoms with Gasteiger partial charge in [0.25, 0.3) is 0 Å². The highest BCUT2D eigenvalue weighted by atomic mass is 32.2. The number of carbonyl (C=O) groups is 1. The molecule has 1 aromatic carbocycles. The Kier molecular flexibility index (Phi) is 3.46. The van der Waals surface area contributed by atoms with Crippen molar-refractivity contribution in [3.05, 3.63) is 28.9 Å². The highest BCUT2D eigenvalue weighted by Crippen LogP contribution is 2.30. The van der Waals surface area contributed by atoms with Gasteiger partial charge in [0.1, 0.15) is 10.7 Å². The molecule has 0 saturated carbocycles. The summed E-state index contributed by atoms with van der Waals surface area (Å²) in [4.78, 5) is 11.7. The topological polar surface area (TPSA) is 72.5 Å². The van der Waals surface area contributed by atoms with E-state index in [2.05, 4.69) is 9.46 Å². The van der Waals surface area contributed by atoms with Gasteiger partial charge in [-0.3, -0.25) is 4.72 Å². The average molecular weight is 303 g/mol. The molecule has 102 valence electrons. The number of carbonyl (C=O) groups excluding carboxylic acids is 1. The van der Waals surface area contributed by atoms with E-state index in [-0.39, 0.29) is 5.69 Å². The number of methoxy groups -OCH3 is 1. The molecule has 0 spiro atoms. The zero-order chi connectivity index (χ0) is 14.2. The van der Waals surface area contributed by atoms with Crippen LogP contribution in [0.15, 0.2) is 18.2 Å². The summed E-state index contributed by atoms with van der Waals surface area (Å²) in [6.07, 6.45) is 0.935. The van der Waals surface area contributed by atoms with Crippen LogP contribution >= 0.6 is 11.3 Å². The maximum atomic E-state index is 13.7. The second kappa shape index (κ2) is 4.78. The SMILES string of the molecule is COC(=O)c1cc2cc(NS(C)(=O)=O)c(F)cc2s1. The second-order valence-corrected chi connectivity index (χ2v) is 6.68. The van der Waals surface area contributed by atoms with E-state index < -0.39 is 21.8 Å². The third-order valence-electron chi connectivity index (χ3n) is 2.29. The number of benzene rings is 1. The van der Waals surface area contributed by atoms with Crippen molar-refractivity contribution in [1.29, 1.82) is 0 Å². The van der Waals surface area contributed by atoms with E-state index in [1.807, 2.05) is 0 Å². The van der Waals surface area contributed by atoms with Crippen LogP contribution in [0.4, 0.5) is 10.1 Å². The number of nitrogens with one attached hydrogen (secondary N) is 1. The van der Waals surface area contributed by atoms with E-state index in [0.717, 1.165) is 17.6 Å². The quantitative estimate of drug-likeness (QED) is 0.882. The third-order valence-corrected chi connectivity index (χ3v) is 3.96. The van der Waals surface area contributed by atoms with Gasteiger partial charge in [-0.05, 0) is 23.6 Å². The zero-order valence-corrected chi connectivity index (χ0v) is 11.7. The summed E-state index contributed by atoms with van der Waals surface area (Å²) < 4.78 is 43.1. The standard InChI is InChI=1S/C11H10FNO4S2/c1-17-11(14)10-4-6-3-8(13-19(2,15)16)7(12)5-9(6)18-10/h3-5,13H,1-2H3. The molecule has 0 unspecified atom stereocenters. The van der Waals surface area contributed by atoms with Crippen LogP contribution in [-0.2, 0) is 14.8 Å². The van der Waals surface area contributed by atoms with Gasteiger partial charge in [-0.15, -0.1) is 11.3 Å². The molecular weight excluding hydrogens is 293 g/mol. The van der Waals surface area contributed by atoms with Crippen molar-refractivity contribution in [2.75, 3.05) is 18.1 Å². The molecule has 0 fully saturated rings. The van der Waals surface area contributed by atoms with Gasteiger partial charge in [0.2, 0.25) is 10.0 Å². The Bertz CT molecular complexity index is 751. The summed E-state index contributed by atoms with van der Waals surface area (Å²) in [6, 6.07) is 4.05. The van der Waals surface area contributed by atoms with Gasteiger partial charge in [-0.2, -0.15) is 0 Å². The molecule has 1 heterocycles. The maximum Gasteiger partial charge on any atom is 0.348 e. The maximum absolute atomic E-state index is 13.7. The Hall–Kier alpha value is -1.67. The number of anilines is 1. The number of hydrogen-bond acceptors (Lipinski definition) is 5. The number of sulfonamides is 1. The number of rotatable bonds is 3. The minimum absolute atomic E-state index is 0.149. The van der Waals surface area contributed by atoms with Crippen LogP contribution in [0, 0.1) is 5.82 Å². The lowest BCUT2D eigenvalue weighted by molar-refractivity contribution is 0.0606. The fourth-order valence-electron chi connectivity index (χ4n) is 1.54. The molecule has 2 aromatic rings. The first kappa shape index (κ1) is 13.8. The van der Waals surface area contributed by atoms with Gasteiger partial charge in [0.15, 0.2) is 0 Å². The van der Waals surface area contributed by atoms with Crippen molar-refractivity contribution in [2.45, 2.75) is 0 Å². The van der Waals surface area contributed by atoms with Gasteiger partial charge in [0.05, 0.1) is 19.1 Å². The average Bonchev–Trinajstić information content (AvgIpc) is 2.69. The van der Waals surface area contributed by atoms with Crippen molar-refractivity contribution in [3.8, 4) is 0 Å². The Morgan fingerprint density at radius 3 is 2.63 bits per heavy atom. The van der Waals surface area contributed by atoms with Gasteiger partial charge >= 0.3 is 5.97 Å². The summed E-state index contributed by atoms with van der Waals surface area (Å²) in [5.41, 5.74) is -0.149. The minimum atomic E-state index is -3.56. The molecule has 19 heavy (non-hydrogen) atoms. The molecule has 8 heteroatoms. The molecule has 0 radical (unpaired) electrons. The second-order valence-electron chi connectivity index (χ2n) is 3.85. The normalized spacial score (nSPS) is 11.5. The lowest BCUT2D eigenvalue weighted by atomic mass is 10.2. The predicted molar refractivity (Wildman–Crippen MR) is 71.6 cm³/mol. The van der Waals surface area contributed by atoms with Gasteiger partial charge in [-0.25, -0.2) is 17.6 Å². The molecule has 0 bridgehead atoms. The molecule has 5 nitrogen and oxygen atoms in total. The molecule has 2 rings (SSSR count). The van der Waals surface area contributed by atoms with Crippen molar-refractivity contribution in [1.82, 2.24) is 0 Å². The first-order valence-corrected chi connectivity index (χ1v) is 7.80. The Morgan fingerprint density at radius 1 is 1.37 bits per heavy atom. The molecule has 0 amide bonds. The Labute approximate surface area is 113 Å². The van der Waals surface area contributed by atoms with Crippen LogP contribution in [0.1, 0.15) is 9.67 Å². The highest BCUT2D eigenvalue weighted by molar-refractivity contribution is 7.92. The van der Waals surface area contributed by atoms with E-state index in [4.69, 9.17) is 0 Å². The van der Waals surface area contributed by atoms with Gasteiger partial charge in [0, 0.05) is 4.70 Å². The number of thiophene rings is 1. The van der Waals surface area contributed by atoms with Gasteiger partial charge < -0.3 is 4.74 Å². The third kappa shape index (κ3) is 3.02. The Morgan fingerprint density at radius 2 is 2.05 bits per heavy atom. The molecule has 0 atom stereocenters. The van der Waals surface area contributed by atoms with Crippen molar-refractivity contribution < 1.29 is 22.3 Å². The summed E-state index contributed by atoms with van der Waals surface area (Å²) in [7, 11) is -2.31. The van der Waals surface area contributed by atoms with Crippen LogP contribution in [0.3, 0.4) is 0 Å². The number of ether oxygens (including phenoxy) is 1. The van der Waals surface area contributed by atoms with E-state index >= 15 is 0 Å². The number of hydrogen-bond donors (Lipinski definition) is 1. The lowest BCUT2D eigenvalue weighted by Crippen LogP contribution is -2.10. The smallest absolute Gasteiger partial charge is 0.348 e. The van der Waals surface area contributed by atoms with Crippen molar-refractivity contribution in [2.24, 2.45) is 0 Å². The van der Waals surface area contributed by atoms with E-state index in [1.54, 1.807) is 0 Å². The van der Waals surface area contributed by atoms with Crippen LogP contribution in [0.5, 0.6) is 0 Å². The summed E-state index contributed by atoms with van der Waals surface area (Å²) in [5.74, 6) is -1.21. The minimum Gasteiger partial charge on any atom is -0.465 e. The van der Waals surface area contributed by atoms with Crippen LogP contribution in [-0.4, -0.2) is 27.8 Å². The summed E-state index contributed by atoms with van der Waals surface area (Å²) >= 11 is 1.08. The van der Waals surface area contributed by atoms with Crippen LogP contribution in [0.25, 0.3) is 10.1 Å². The molecule has 0 saturated heterocycles. The monoisotopic (exact) mass is 303 g/mol. The molecule has 0 aliphatic heterocycles. The number of esters is 1. The largest absolute Gasteiger partial charge is 0.465 e. The first-order chi connectivity index (χ1) is 8.80. The van der Waals surface area contributed by atoms with Crippen molar-refractivity contribution >= 4 is 43.1 Å².